The molecule has 154 valence electrons. The van der Waals surface area contributed by atoms with Gasteiger partial charge in [0.05, 0.1) is 0 Å². The third kappa shape index (κ3) is 5.98. The zero-order valence-electron chi connectivity index (χ0n) is 16.5. The Kier molecular flexibility index (Phi) is 6.38. The summed E-state index contributed by atoms with van der Waals surface area (Å²) in [5, 5.41) is 0. The highest BCUT2D eigenvalue weighted by molar-refractivity contribution is 5.67. The molecular weight excluding hydrogens is 373 g/mol. The summed E-state index contributed by atoms with van der Waals surface area (Å²) < 4.78 is 45.6. The van der Waals surface area contributed by atoms with Crippen LogP contribution in [0.1, 0.15) is 51.9 Å². The summed E-state index contributed by atoms with van der Waals surface area (Å²) in [6.45, 7) is 9.20. The van der Waals surface area contributed by atoms with Gasteiger partial charge < -0.3 is 9.30 Å². The van der Waals surface area contributed by atoms with Crippen LogP contribution in [0.5, 0.6) is 0 Å². The van der Waals surface area contributed by atoms with E-state index in [1.54, 1.807) is 58.9 Å². The van der Waals surface area contributed by atoms with Crippen LogP contribution in [0, 0.1) is 0 Å². The molecule has 28 heavy (non-hydrogen) atoms. The first-order valence-corrected chi connectivity index (χ1v) is 8.84. The number of rotatable bonds is 5. The van der Waals surface area contributed by atoms with Gasteiger partial charge in [-0.25, -0.2) is 15.2 Å². The highest BCUT2D eigenvalue weighted by Crippen LogP contribution is 2.32. The van der Waals surface area contributed by atoms with E-state index in [1.807, 2.05) is 0 Å². The summed E-state index contributed by atoms with van der Waals surface area (Å²) in [7, 11) is 0. The molecule has 2 rings (SSSR count). The largest absolute Gasteiger partial charge is 0.443 e. The van der Waals surface area contributed by atoms with Crippen molar-refractivity contribution in [1.82, 2.24) is 20.4 Å². The number of alkyl halides is 3. The Balaban J connectivity index is 2.07. The van der Waals surface area contributed by atoms with Crippen LogP contribution in [0.4, 0.5) is 18.0 Å². The number of aromatic nitrogens is 2. The predicted molar refractivity (Wildman–Crippen MR) is 99.3 cm³/mol. The molecule has 0 unspecified atom stereocenters. The van der Waals surface area contributed by atoms with Crippen LogP contribution in [0.15, 0.2) is 30.5 Å². The molecule has 1 aromatic heterocycles. The number of benzene rings is 1. The number of nitrogens with one attached hydrogen (secondary N) is 2. The van der Waals surface area contributed by atoms with Crippen molar-refractivity contribution in [2.75, 3.05) is 0 Å². The average Bonchev–Trinajstić information content (AvgIpc) is 2.99. The highest BCUT2D eigenvalue weighted by atomic mass is 19.4. The first kappa shape index (κ1) is 21.7. The van der Waals surface area contributed by atoms with Crippen LogP contribution in [0.3, 0.4) is 0 Å². The van der Waals surface area contributed by atoms with Crippen molar-refractivity contribution < 1.29 is 22.7 Å². The predicted octanol–water partition coefficient (Wildman–Crippen LogP) is 4.68. The van der Waals surface area contributed by atoms with Gasteiger partial charge in [0.25, 0.3) is 0 Å². The van der Waals surface area contributed by atoms with Gasteiger partial charge >= 0.3 is 12.3 Å². The maximum atomic E-state index is 13.0. The van der Waals surface area contributed by atoms with Gasteiger partial charge in [-0.05, 0) is 40.2 Å². The van der Waals surface area contributed by atoms with Gasteiger partial charge in [0, 0.05) is 24.3 Å². The van der Waals surface area contributed by atoms with E-state index in [0.717, 1.165) is 11.8 Å². The molecule has 0 bridgehead atoms. The van der Waals surface area contributed by atoms with Crippen LogP contribution in [0.25, 0.3) is 11.4 Å². The fourth-order valence-electron chi connectivity index (χ4n) is 2.43. The van der Waals surface area contributed by atoms with Crippen molar-refractivity contribution in [1.29, 1.82) is 0 Å². The summed E-state index contributed by atoms with van der Waals surface area (Å²) >= 11 is 0. The standard InChI is InChI=1S/C19H25F3N4O2/c1-12(2)26-11-15(19(20,21)22)24-16(26)14-8-6-13(7-9-14)10-23-25-17(27)28-18(3,4)5/h6-9,11-12,23H,10H2,1-5H3,(H,25,27). The fourth-order valence-corrected chi connectivity index (χ4v) is 2.43. The quantitative estimate of drug-likeness (QED) is 0.718. The van der Waals surface area contributed by atoms with Crippen LogP contribution in [-0.4, -0.2) is 21.2 Å². The molecule has 0 aliphatic rings. The number of carbonyl (C=O) groups is 1. The van der Waals surface area contributed by atoms with Crippen LogP contribution < -0.4 is 10.9 Å². The van der Waals surface area contributed by atoms with Crippen molar-refractivity contribution in [3.8, 4) is 11.4 Å². The number of hydrogen-bond donors (Lipinski definition) is 2. The molecule has 0 aliphatic heterocycles. The summed E-state index contributed by atoms with van der Waals surface area (Å²) in [5.41, 5.74) is 5.07. The molecule has 9 heteroatoms. The molecule has 0 aliphatic carbocycles. The van der Waals surface area contributed by atoms with Crippen molar-refractivity contribution in [3.05, 3.63) is 41.7 Å². The van der Waals surface area contributed by atoms with Crippen LogP contribution >= 0.6 is 0 Å². The Morgan fingerprint density at radius 2 is 1.79 bits per heavy atom. The second-order valence-electron chi connectivity index (χ2n) is 7.63. The maximum absolute atomic E-state index is 13.0. The van der Waals surface area contributed by atoms with E-state index in [-0.39, 0.29) is 11.9 Å². The average molecular weight is 398 g/mol. The number of imidazole rings is 1. The van der Waals surface area contributed by atoms with E-state index in [4.69, 9.17) is 4.74 Å². The molecular formula is C19H25F3N4O2. The molecule has 2 aromatic rings. The normalized spacial score (nSPS) is 12.3. The molecule has 0 fully saturated rings. The fraction of sp³-hybridized carbons (Fsp3) is 0.474. The zero-order valence-corrected chi connectivity index (χ0v) is 16.5. The summed E-state index contributed by atoms with van der Waals surface area (Å²) in [6, 6.07) is 6.74. The number of halogens is 3. The minimum absolute atomic E-state index is 0.169. The Morgan fingerprint density at radius 1 is 1.18 bits per heavy atom. The van der Waals surface area contributed by atoms with E-state index >= 15 is 0 Å². The van der Waals surface area contributed by atoms with Gasteiger partial charge in [0.2, 0.25) is 0 Å². The number of ether oxygens (including phenoxy) is 1. The highest BCUT2D eigenvalue weighted by Gasteiger charge is 2.35. The molecule has 2 N–H and O–H groups in total. The van der Waals surface area contributed by atoms with E-state index in [0.29, 0.717) is 12.1 Å². The van der Waals surface area contributed by atoms with Crippen molar-refractivity contribution in [3.63, 3.8) is 0 Å². The van der Waals surface area contributed by atoms with E-state index in [2.05, 4.69) is 15.8 Å². The van der Waals surface area contributed by atoms with Crippen molar-refractivity contribution >= 4 is 6.09 Å². The number of hydrogen-bond acceptors (Lipinski definition) is 4. The van der Waals surface area contributed by atoms with Gasteiger partial charge in [-0.3, -0.25) is 5.43 Å². The van der Waals surface area contributed by atoms with E-state index < -0.39 is 23.6 Å². The van der Waals surface area contributed by atoms with Gasteiger partial charge in [0.15, 0.2) is 5.69 Å². The summed E-state index contributed by atoms with van der Waals surface area (Å²) in [6.07, 6.45) is -4.06. The molecule has 1 aromatic carbocycles. The lowest BCUT2D eigenvalue weighted by Crippen LogP contribution is -2.40. The third-order valence-corrected chi connectivity index (χ3v) is 3.67. The van der Waals surface area contributed by atoms with Crippen LogP contribution in [0.2, 0.25) is 0 Å². The van der Waals surface area contributed by atoms with Gasteiger partial charge in [-0.2, -0.15) is 13.2 Å². The number of carbonyl (C=O) groups excluding carboxylic acids is 1. The Labute approximate surface area is 162 Å². The molecule has 1 amide bonds. The Hall–Kier alpha value is -2.55. The summed E-state index contributed by atoms with van der Waals surface area (Å²) in [4.78, 5) is 15.3. The third-order valence-electron chi connectivity index (χ3n) is 3.67. The van der Waals surface area contributed by atoms with Crippen molar-refractivity contribution in [2.45, 2.75) is 59.0 Å². The van der Waals surface area contributed by atoms with E-state index in [1.165, 1.54) is 4.57 Å². The molecule has 0 radical (unpaired) electrons. The smallest absolute Gasteiger partial charge is 0.434 e. The topological polar surface area (TPSA) is 68.2 Å². The number of hydrazine groups is 1. The lowest BCUT2D eigenvalue weighted by Gasteiger charge is -2.19. The zero-order chi connectivity index (χ0) is 21.1. The first-order chi connectivity index (χ1) is 12.9. The minimum Gasteiger partial charge on any atom is -0.443 e. The van der Waals surface area contributed by atoms with Crippen molar-refractivity contribution in [2.24, 2.45) is 0 Å². The molecule has 0 atom stereocenters. The molecule has 0 saturated heterocycles. The number of nitrogens with zero attached hydrogens (tertiary/aromatic N) is 2. The van der Waals surface area contributed by atoms with Gasteiger partial charge in [0.1, 0.15) is 11.4 Å². The summed E-state index contributed by atoms with van der Waals surface area (Å²) in [5.74, 6) is 0.258. The van der Waals surface area contributed by atoms with Crippen LogP contribution in [-0.2, 0) is 17.5 Å². The van der Waals surface area contributed by atoms with Gasteiger partial charge in [-0.1, -0.05) is 24.3 Å². The maximum Gasteiger partial charge on any atom is 0.434 e. The lowest BCUT2D eigenvalue weighted by molar-refractivity contribution is -0.140. The molecule has 1 heterocycles. The SMILES string of the molecule is CC(C)n1cc(C(F)(F)F)nc1-c1ccc(CNNC(=O)OC(C)(C)C)cc1. The second-order valence-corrected chi connectivity index (χ2v) is 7.63. The second kappa shape index (κ2) is 8.22. The van der Waals surface area contributed by atoms with Gasteiger partial charge in [-0.15, -0.1) is 0 Å². The Morgan fingerprint density at radius 3 is 2.29 bits per heavy atom. The molecule has 0 saturated carbocycles. The molecule has 0 spiro atoms. The number of amides is 1. The Bertz CT molecular complexity index is 806. The monoisotopic (exact) mass is 398 g/mol. The minimum atomic E-state index is -4.49. The first-order valence-electron chi connectivity index (χ1n) is 8.84. The molecule has 6 nitrogen and oxygen atoms in total. The lowest BCUT2D eigenvalue weighted by atomic mass is 10.1. The van der Waals surface area contributed by atoms with E-state index in [9.17, 15) is 18.0 Å².